The lowest BCUT2D eigenvalue weighted by molar-refractivity contribution is -0.169. The molecule has 1 aliphatic carbocycles. The zero-order chi connectivity index (χ0) is 20.9. The van der Waals surface area contributed by atoms with Crippen LogP contribution < -0.4 is 0 Å². The molecule has 0 N–H and O–H groups in total. The fourth-order valence-electron chi connectivity index (χ4n) is 4.11. The van der Waals surface area contributed by atoms with Gasteiger partial charge in [-0.15, -0.1) is 0 Å². The molecule has 7 heteroatoms. The third kappa shape index (κ3) is 3.22. The Labute approximate surface area is 172 Å². The van der Waals surface area contributed by atoms with Gasteiger partial charge >= 0.3 is 6.18 Å². The number of nitriles is 1. The monoisotopic (exact) mass is 419 g/mol. The minimum absolute atomic E-state index is 0.142. The maximum atomic E-state index is 13.6. The summed E-state index contributed by atoms with van der Waals surface area (Å²) in [5, 5.41) is 11.2. The van der Waals surface area contributed by atoms with Gasteiger partial charge in [0.1, 0.15) is 12.1 Å². The number of aryl methyl sites for hydroxylation is 1. The van der Waals surface area contributed by atoms with Crippen molar-refractivity contribution in [3.8, 4) is 6.07 Å². The van der Waals surface area contributed by atoms with Crippen LogP contribution in [0.25, 0.3) is 16.6 Å². The quantitative estimate of drug-likeness (QED) is 0.579. The van der Waals surface area contributed by atoms with E-state index >= 15 is 0 Å². The van der Waals surface area contributed by atoms with E-state index in [9.17, 15) is 18.4 Å². The van der Waals surface area contributed by atoms with Gasteiger partial charge in [0.2, 0.25) is 0 Å². The summed E-state index contributed by atoms with van der Waals surface area (Å²) in [5.41, 5.74) is 3.12. The van der Waals surface area contributed by atoms with Crippen molar-refractivity contribution in [3.63, 3.8) is 0 Å². The van der Waals surface area contributed by atoms with Gasteiger partial charge in [0, 0.05) is 23.0 Å². The van der Waals surface area contributed by atoms with Crippen LogP contribution in [0.3, 0.4) is 0 Å². The van der Waals surface area contributed by atoms with Crippen LogP contribution in [0.4, 0.5) is 13.2 Å². The van der Waals surface area contributed by atoms with E-state index in [1.807, 2.05) is 13.0 Å². The molecule has 2 aromatic rings. The molecule has 2 aliphatic rings. The van der Waals surface area contributed by atoms with Crippen molar-refractivity contribution in [2.24, 2.45) is 0 Å². The molecule has 1 aromatic heterocycles. The molecule has 0 unspecified atom stereocenters. The van der Waals surface area contributed by atoms with Gasteiger partial charge in [0.25, 0.3) is 0 Å². The van der Waals surface area contributed by atoms with Crippen molar-refractivity contribution in [3.05, 3.63) is 52.2 Å². The molecule has 1 aliphatic heterocycles. The molecular weight excluding hydrogens is 399 g/mol. The predicted octanol–water partition coefficient (Wildman–Crippen LogP) is 6.36. The molecule has 3 nitrogen and oxygen atoms in total. The Morgan fingerprint density at radius 3 is 2.59 bits per heavy atom. The van der Waals surface area contributed by atoms with Crippen LogP contribution in [-0.2, 0) is 0 Å². The number of hydrogen-bond donors (Lipinski definition) is 0. The van der Waals surface area contributed by atoms with E-state index in [1.54, 1.807) is 24.3 Å². The van der Waals surface area contributed by atoms with E-state index in [2.05, 4.69) is 10.6 Å². The van der Waals surface area contributed by atoms with Gasteiger partial charge in [-0.1, -0.05) is 23.8 Å². The van der Waals surface area contributed by atoms with Gasteiger partial charge in [-0.3, -0.25) is 0 Å². The fourth-order valence-corrected chi connectivity index (χ4v) is 4.27. The lowest BCUT2D eigenvalue weighted by Crippen LogP contribution is -2.43. The zero-order valence-corrected chi connectivity index (χ0v) is 17.0. The zero-order valence-electron chi connectivity index (χ0n) is 16.2. The summed E-state index contributed by atoms with van der Waals surface area (Å²) >= 11 is 6.33. The second kappa shape index (κ2) is 7.14. The third-order valence-corrected chi connectivity index (χ3v) is 6.43. The highest BCUT2D eigenvalue weighted by molar-refractivity contribution is 6.32. The van der Waals surface area contributed by atoms with Crippen LogP contribution in [0.1, 0.15) is 49.0 Å². The molecule has 4 rings (SSSR count). The number of alkyl halides is 3. The first-order valence-corrected chi connectivity index (χ1v) is 10.1. The number of benzene rings is 1. The highest BCUT2D eigenvalue weighted by Gasteiger charge is 2.42. The van der Waals surface area contributed by atoms with Crippen LogP contribution in [0, 0.1) is 18.3 Å². The van der Waals surface area contributed by atoms with E-state index in [-0.39, 0.29) is 12.6 Å². The Balaban J connectivity index is 2.00. The molecule has 0 bridgehead atoms. The molecule has 0 saturated heterocycles. The molecule has 0 radical (unpaired) electrons. The van der Waals surface area contributed by atoms with E-state index in [0.29, 0.717) is 27.4 Å². The van der Waals surface area contributed by atoms with Crippen molar-refractivity contribution in [2.75, 3.05) is 6.54 Å². The third-order valence-electron chi connectivity index (χ3n) is 6.02. The van der Waals surface area contributed by atoms with Gasteiger partial charge in [-0.2, -0.15) is 18.4 Å². The molecule has 1 fully saturated rings. The van der Waals surface area contributed by atoms with Crippen molar-refractivity contribution >= 4 is 28.2 Å². The number of nitrogens with zero attached hydrogens (tertiary/aromatic N) is 3. The maximum Gasteiger partial charge on any atom is 0.408 e. The van der Waals surface area contributed by atoms with Gasteiger partial charge < -0.3 is 9.47 Å². The van der Waals surface area contributed by atoms with E-state index < -0.39 is 12.2 Å². The maximum absolute atomic E-state index is 13.6. The van der Waals surface area contributed by atoms with Crippen molar-refractivity contribution in [2.45, 2.75) is 51.4 Å². The molecule has 29 heavy (non-hydrogen) atoms. The fraction of sp³-hybridized carbons (Fsp3) is 0.409. The molecule has 1 atom stereocenters. The molecule has 2 heterocycles. The molecule has 1 saturated carbocycles. The number of hydrogen-bond acceptors (Lipinski definition) is 2. The van der Waals surface area contributed by atoms with E-state index in [0.717, 1.165) is 37.3 Å². The van der Waals surface area contributed by atoms with E-state index in [1.165, 1.54) is 4.90 Å². The lowest BCUT2D eigenvalue weighted by atomic mass is 9.92. The summed E-state index contributed by atoms with van der Waals surface area (Å²) in [6.45, 7) is 3.20. The van der Waals surface area contributed by atoms with Crippen LogP contribution in [0.5, 0.6) is 0 Å². The van der Waals surface area contributed by atoms with Crippen LogP contribution in [0.15, 0.2) is 30.4 Å². The van der Waals surface area contributed by atoms with Crippen molar-refractivity contribution in [1.82, 2.24) is 9.47 Å². The minimum Gasteiger partial charge on any atom is -0.354 e. The lowest BCUT2D eigenvalue weighted by Gasteiger charge is -2.37. The largest absolute Gasteiger partial charge is 0.408 e. The Kier molecular flexibility index (Phi) is 4.90. The van der Waals surface area contributed by atoms with Crippen molar-refractivity contribution in [1.29, 1.82) is 5.26 Å². The minimum atomic E-state index is -4.37. The first kappa shape index (κ1) is 19.9. The smallest absolute Gasteiger partial charge is 0.354 e. The molecule has 152 valence electrons. The first-order valence-electron chi connectivity index (χ1n) is 9.68. The normalized spacial score (nSPS) is 18.5. The summed E-state index contributed by atoms with van der Waals surface area (Å²) in [5.74, 6) is 0. The first-order chi connectivity index (χ1) is 13.7. The van der Waals surface area contributed by atoms with Crippen molar-refractivity contribution < 1.29 is 13.2 Å². The highest BCUT2D eigenvalue weighted by atomic mass is 35.5. The standard InChI is InChI=1S/C22H21ClF3N3/c1-13-10-20-16(11-18(13)23)17(12-27)21(29(20)15-6-5-7-15)19-8-3-4-9-28(19)14(2)22(24,25)26/h3-4,8,10-11,14-15H,5-7,9H2,1-2H3/t14-/m0/s1. The summed E-state index contributed by atoms with van der Waals surface area (Å²) < 4.78 is 42.8. The Hall–Kier alpha value is -2.39. The summed E-state index contributed by atoms with van der Waals surface area (Å²) in [6, 6.07) is 4.47. The number of aromatic nitrogens is 1. The van der Waals surface area contributed by atoms with Gasteiger partial charge in [-0.25, -0.2) is 0 Å². The van der Waals surface area contributed by atoms with Gasteiger partial charge in [0.05, 0.1) is 22.5 Å². The topological polar surface area (TPSA) is 32.0 Å². The Bertz CT molecular complexity index is 1070. The SMILES string of the molecule is Cc1cc2c(cc1Cl)c(C#N)c(C1=CC=CCN1[C@@H](C)C(F)(F)F)n2C1CCC1. The summed E-state index contributed by atoms with van der Waals surface area (Å²) in [6.07, 6.45) is 3.74. The number of fused-ring (bicyclic) bond motifs is 1. The highest BCUT2D eigenvalue weighted by Crippen LogP contribution is 2.44. The molecule has 0 amide bonds. The molecule has 0 spiro atoms. The average molecular weight is 420 g/mol. The van der Waals surface area contributed by atoms with Crippen LogP contribution >= 0.6 is 11.6 Å². The van der Waals surface area contributed by atoms with Crippen LogP contribution in [0.2, 0.25) is 5.02 Å². The summed E-state index contributed by atoms with van der Waals surface area (Å²) in [4.78, 5) is 1.33. The number of allylic oxidation sites excluding steroid dienone is 2. The summed E-state index contributed by atoms with van der Waals surface area (Å²) in [7, 11) is 0. The second-order valence-corrected chi connectivity index (χ2v) is 8.17. The van der Waals surface area contributed by atoms with Crippen LogP contribution in [-0.4, -0.2) is 28.2 Å². The Morgan fingerprint density at radius 2 is 2.00 bits per heavy atom. The average Bonchev–Trinajstić information content (AvgIpc) is 2.92. The predicted molar refractivity (Wildman–Crippen MR) is 109 cm³/mol. The van der Waals surface area contributed by atoms with Gasteiger partial charge in [0.15, 0.2) is 0 Å². The Morgan fingerprint density at radius 1 is 1.28 bits per heavy atom. The molecular formula is C22H21ClF3N3. The van der Waals surface area contributed by atoms with Gasteiger partial charge in [-0.05, 0) is 56.9 Å². The second-order valence-electron chi connectivity index (χ2n) is 7.76. The van der Waals surface area contributed by atoms with E-state index in [4.69, 9.17) is 11.6 Å². The number of rotatable bonds is 3. The number of halogens is 4. The molecule has 1 aromatic carbocycles.